The zero-order chi connectivity index (χ0) is 14.3. The lowest BCUT2D eigenvalue weighted by Gasteiger charge is -2.15. The molecule has 6 nitrogen and oxygen atoms in total. The maximum Gasteiger partial charge on any atom is 0.490 e. The van der Waals surface area contributed by atoms with Gasteiger partial charge in [0.05, 0.1) is 5.52 Å². The molecule has 0 saturated heterocycles. The molecule has 0 aliphatic carbocycles. The van der Waals surface area contributed by atoms with E-state index in [9.17, 15) is 20.1 Å². The first-order valence-electron chi connectivity index (χ1n) is 5.97. The van der Waals surface area contributed by atoms with Gasteiger partial charge < -0.3 is 20.1 Å². The van der Waals surface area contributed by atoms with Crippen LogP contribution >= 0.6 is 0 Å². The summed E-state index contributed by atoms with van der Waals surface area (Å²) in [6.45, 7) is 0. The van der Waals surface area contributed by atoms with Crippen LogP contribution in [0.2, 0.25) is 0 Å². The molecule has 2 aromatic heterocycles. The Morgan fingerprint density at radius 2 is 1.55 bits per heavy atom. The highest BCUT2D eigenvalue weighted by atomic mass is 16.4. The van der Waals surface area contributed by atoms with E-state index in [0.717, 1.165) is 0 Å². The fourth-order valence-electron chi connectivity index (χ4n) is 2.49. The molecule has 8 heteroatoms. The summed E-state index contributed by atoms with van der Waals surface area (Å²) < 4.78 is 0. The quantitative estimate of drug-likeness (QED) is 0.321. The molecule has 0 aliphatic heterocycles. The van der Waals surface area contributed by atoms with Crippen molar-refractivity contribution in [3.63, 3.8) is 0 Å². The third-order valence-corrected chi connectivity index (χ3v) is 3.27. The van der Waals surface area contributed by atoms with Gasteiger partial charge in [0.1, 0.15) is 0 Å². The van der Waals surface area contributed by atoms with E-state index in [1.807, 2.05) is 0 Å². The molecule has 0 spiro atoms. The molecule has 0 bridgehead atoms. The highest BCUT2D eigenvalue weighted by Crippen LogP contribution is 2.20. The number of benzene rings is 1. The first-order chi connectivity index (χ1) is 9.61. The van der Waals surface area contributed by atoms with E-state index in [-0.39, 0.29) is 10.9 Å². The summed E-state index contributed by atoms with van der Waals surface area (Å²) in [4.78, 5) is 8.15. The average Bonchev–Trinajstić information content (AvgIpc) is 2.45. The molecule has 3 aromatic rings. The van der Waals surface area contributed by atoms with Crippen LogP contribution in [0.3, 0.4) is 0 Å². The van der Waals surface area contributed by atoms with Crippen LogP contribution in [0.4, 0.5) is 0 Å². The largest absolute Gasteiger partial charge is 0.490 e. The van der Waals surface area contributed by atoms with Gasteiger partial charge in [0.2, 0.25) is 0 Å². The summed E-state index contributed by atoms with van der Waals surface area (Å²) in [6, 6.07) is 5.09. The van der Waals surface area contributed by atoms with Gasteiger partial charge >= 0.3 is 14.2 Å². The van der Waals surface area contributed by atoms with Crippen molar-refractivity contribution in [1.82, 2.24) is 9.97 Å². The molecule has 0 amide bonds. The third kappa shape index (κ3) is 1.86. The Labute approximate surface area is 114 Å². The van der Waals surface area contributed by atoms with Crippen LogP contribution < -0.4 is 10.9 Å². The highest BCUT2D eigenvalue weighted by Gasteiger charge is 2.29. The standard InChI is InChI=1S/C12H10B2N2O4/c17-13(18)10-7-3-5-15-6-9(7)8-2-1-4-16-12(8)11(10)14(19)20/h1-6,17-20H. The summed E-state index contributed by atoms with van der Waals surface area (Å²) in [5.74, 6) is 0. The van der Waals surface area contributed by atoms with E-state index in [1.165, 1.54) is 12.4 Å². The zero-order valence-corrected chi connectivity index (χ0v) is 10.3. The van der Waals surface area contributed by atoms with Crippen molar-refractivity contribution in [3.05, 3.63) is 36.8 Å². The topological polar surface area (TPSA) is 107 Å². The molecule has 20 heavy (non-hydrogen) atoms. The van der Waals surface area contributed by atoms with Gasteiger partial charge in [-0.3, -0.25) is 9.97 Å². The lowest BCUT2D eigenvalue weighted by Crippen LogP contribution is -2.50. The monoisotopic (exact) mass is 268 g/mol. The molecule has 0 fully saturated rings. The van der Waals surface area contributed by atoms with E-state index < -0.39 is 14.2 Å². The molecule has 4 N–H and O–H groups in total. The normalized spacial score (nSPS) is 11.0. The fourth-order valence-corrected chi connectivity index (χ4v) is 2.49. The Bertz CT molecular complexity index is 728. The summed E-state index contributed by atoms with van der Waals surface area (Å²) in [6.07, 6.45) is 4.59. The van der Waals surface area contributed by atoms with Crippen molar-refractivity contribution in [2.75, 3.05) is 0 Å². The number of aromatic nitrogens is 2. The maximum absolute atomic E-state index is 9.60. The van der Waals surface area contributed by atoms with Gasteiger partial charge in [0.25, 0.3) is 0 Å². The van der Waals surface area contributed by atoms with Crippen LogP contribution in [0.25, 0.3) is 21.7 Å². The van der Waals surface area contributed by atoms with Gasteiger partial charge in [0, 0.05) is 34.8 Å². The van der Waals surface area contributed by atoms with Gasteiger partial charge in [-0.1, -0.05) is 6.07 Å². The molecule has 0 saturated carbocycles. The average molecular weight is 268 g/mol. The highest BCUT2D eigenvalue weighted by molar-refractivity contribution is 6.76. The molecule has 3 rings (SSSR count). The minimum atomic E-state index is -1.86. The van der Waals surface area contributed by atoms with Crippen molar-refractivity contribution in [2.24, 2.45) is 0 Å². The first kappa shape index (κ1) is 13.0. The Morgan fingerprint density at radius 1 is 0.800 bits per heavy atom. The Morgan fingerprint density at radius 3 is 2.25 bits per heavy atom. The predicted molar refractivity (Wildman–Crippen MR) is 76.7 cm³/mol. The predicted octanol–water partition coefficient (Wildman–Crippen LogP) is -1.86. The van der Waals surface area contributed by atoms with Gasteiger partial charge in [-0.2, -0.15) is 0 Å². The molecule has 2 heterocycles. The first-order valence-corrected chi connectivity index (χ1v) is 5.97. The maximum atomic E-state index is 9.60. The Balaban J connectivity index is 2.62. The third-order valence-electron chi connectivity index (χ3n) is 3.27. The molecule has 1 aromatic carbocycles. The number of fused-ring (bicyclic) bond motifs is 3. The minimum absolute atomic E-state index is 0.00528. The van der Waals surface area contributed by atoms with Crippen molar-refractivity contribution in [2.45, 2.75) is 0 Å². The van der Waals surface area contributed by atoms with Crippen LogP contribution in [-0.4, -0.2) is 44.3 Å². The smallest absolute Gasteiger partial charge is 0.423 e. The number of nitrogens with zero attached hydrogens (tertiary/aromatic N) is 2. The van der Waals surface area contributed by atoms with E-state index in [4.69, 9.17) is 0 Å². The molecular weight excluding hydrogens is 258 g/mol. The van der Waals surface area contributed by atoms with Gasteiger partial charge in [0.15, 0.2) is 0 Å². The van der Waals surface area contributed by atoms with Crippen molar-refractivity contribution in [3.8, 4) is 0 Å². The summed E-state index contributed by atoms with van der Waals surface area (Å²) in [5, 5.41) is 40.2. The number of rotatable bonds is 2. The molecule has 0 radical (unpaired) electrons. The van der Waals surface area contributed by atoms with Crippen LogP contribution in [0.5, 0.6) is 0 Å². The van der Waals surface area contributed by atoms with Crippen LogP contribution in [0.1, 0.15) is 0 Å². The molecule has 0 aliphatic rings. The van der Waals surface area contributed by atoms with E-state index >= 15 is 0 Å². The Kier molecular flexibility index (Phi) is 3.15. The second-order valence-electron chi connectivity index (χ2n) is 4.40. The van der Waals surface area contributed by atoms with E-state index in [1.54, 1.807) is 24.4 Å². The molecule has 98 valence electrons. The van der Waals surface area contributed by atoms with Crippen LogP contribution in [0, 0.1) is 0 Å². The minimum Gasteiger partial charge on any atom is -0.423 e. The van der Waals surface area contributed by atoms with E-state index in [0.29, 0.717) is 21.7 Å². The van der Waals surface area contributed by atoms with Crippen molar-refractivity contribution < 1.29 is 20.1 Å². The summed E-state index contributed by atoms with van der Waals surface area (Å²) in [7, 11) is -3.70. The molecule has 0 unspecified atom stereocenters. The lowest BCUT2D eigenvalue weighted by atomic mass is 9.63. The fraction of sp³-hybridized carbons (Fsp3) is 0. The molecular formula is C12H10B2N2O4. The molecule has 0 atom stereocenters. The lowest BCUT2D eigenvalue weighted by molar-refractivity contribution is 0.420. The number of hydrogen-bond donors (Lipinski definition) is 4. The Hall–Kier alpha value is -1.99. The SMILES string of the molecule is OB(O)c1c(B(O)O)c2ncccc2c2cnccc12. The van der Waals surface area contributed by atoms with E-state index in [2.05, 4.69) is 9.97 Å². The van der Waals surface area contributed by atoms with Crippen molar-refractivity contribution >= 4 is 46.8 Å². The number of pyridine rings is 2. The second kappa shape index (κ2) is 4.84. The van der Waals surface area contributed by atoms with Gasteiger partial charge in [-0.05, 0) is 23.0 Å². The van der Waals surface area contributed by atoms with Crippen LogP contribution in [0.15, 0.2) is 36.8 Å². The number of hydrogen-bond acceptors (Lipinski definition) is 6. The van der Waals surface area contributed by atoms with Gasteiger partial charge in [-0.25, -0.2) is 0 Å². The zero-order valence-electron chi connectivity index (χ0n) is 10.3. The summed E-state index contributed by atoms with van der Waals surface area (Å²) in [5.41, 5.74) is 0.337. The van der Waals surface area contributed by atoms with Crippen molar-refractivity contribution in [1.29, 1.82) is 0 Å². The second-order valence-corrected chi connectivity index (χ2v) is 4.40. The van der Waals surface area contributed by atoms with Crippen LogP contribution in [-0.2, 0) is 0 Å². The summed E-state index contributed by atoms with van der Waals surface area (Å²) >= 11 is 0. The van der Waals surface area contributed by atoms with Gasteiger partial charge in [-0.15, -0.1) is 0 Å².